The zero-order valence-corrected chi connectivity index (χ0v) is 23.4. The molecule has 2 fully saturated rings. The highest BCUT2D eigenvalue weighted by Crippen LogP contribution is 2.71. The first-order chi connectivity index (χ1) is 16.6. The van der Waals surface area contributed by atoms with Gasteiger partial charge in [-0.2, -0.15) is 0 Å². The summed E-state index contributed by atoms with van der Waals surface area (Å²) in [5, 5.41) is 21.2. The van der Waals surface area contributed by atoms with E-state index in [1.54, 1.807) is 0 Å². The van der Waals surface area contributed by atoms with Crippen molar-refractivity contribution in [2.24, 2.45) is 45.3 Å². The largest absolute Gasteiger partial charge is 0.393 e. The Labute approximate surface area is 217 Å². The van der Waals surface area contributed by atoms with Gasteiger partial charge in [-0.25, -0.2) is 5.48 Å². The molecule has 7 atom stereocenters. The first-order valence-electron chi connectivity index (χ1n) is 13.9. The Bertz CT molecular complexity index is 1020. The van der Waals surface area contributed by atoms with Crippen LogP contribution in [-0.4, -0.2) is 28.1 Å². The van der Waals surface area contributed by atoms with E-state index in [-0.39, 0.29) is 33.5 Å². The lowest BCUT2D eigenvalue weighted by Crippen LogP contribution is -2.53. The van der Waals surface area contributed by atoms with E-state index in [0.29, 0.717) is 37.4 Å². The van der Waals surface area contributed by atoms with Gasteiger partial charge in [-0.3, -0.25) is 14.8 Å². The van der Waals surface area contributed by atoms with Gasteiger partial charge in [0.15, 0.2) is 0 Å². The average molecular weight is 498 g/mol. The van der Waals surface area contributed by atoms with Gasteiger partial charge >= 0.3 is 0 Å². The maximum atomic E-state index is 13.0. The number of hydrogen-bond acceptors (Lipinski definition) is 4. The molecule has 0 saturated heterocycles. The molecule has 0 bridgehead atoms. The zero-order valence-electron chi connectivity index (χ0n) is 23.4. The Morgan fingerprint density at radius 3 is 2.44 bits per heavy atom. The summed E-state index contributed by atoms with van der Waals surface area (Å²) in [6.45, 7) is 19.5. The van der Waals surface area contributed by atoms with Gasteiger partial charge in [0.2, 0.25) is 5.91 Å². The molecule has 36 heavy (non-hydrogen) atoms. The van der Waals surface area contributed by atoms with Crippen molar-refractivity contribution in [3.8, 4) is 0 Å². The summed E-state index contributed by atoms with van der Waals surface area (Å²) in [6.07, 6.45) is 9.06. The number of hydroxylamine groups is 1. The molecule has 0 aromatic carbocycles. The number of allylic oxidation sites excluding steroid dienone is 5. The van der Waals surface area contributed by atoms with E-state index in [9.17, 15) is 19.9 Å². The van der Waals surface area contributed by atoms with Crippen molar-refractivity contribution < 1.29 is 19.9 Å². The third kappa shape index (κ3) is 3.71. The molecule has 4 aliphatic carbocycles. The molecule has 4 rings (SSSR count). The summed E-state index contributed by atoms with van der Waals surface area (Å²) in [6, 6.07) is 0. The number of fused-ring (bicyclic) bond motifs is 5. The van der Waals surface area contributed by atoms with Gasteiger partial charge < -0.3 is 5.11 Å². The molecule has 2 saturated carbocycles. The highest BCUT2D eigenvalue weighted by molar-refractivity contribution is 5.86. The monoisotopic (exact) mass is 497 g/mol. The van der Waals surface area contributed by atoms with Gasteiger partial charge in [-0.1, -0.05) is 72.8 Å². The summed E-state index contributed by atoms with van der Waals surface area (Å²) < 4.78 is 0. The van der Waals surface area contributed by atoms with Crippen molar-refractivity contribution in [1.29, 1.82) is 0 Å². The Hall–Kier alpha value is -1.72. The minimum absolute atomic E-state index is 0.0637. The Balaban J connectivity index is 1.74. The Morgan fingerprint density at radius 1 is 1.17 bits per heavy atom. The lowest BCUT2D eigenvalue weighted by atomic mass is 9.44. The molecule has 0 heterocycles. The predicted octanol–water partition coefficient (Wildman–Crippen LogP) is 6.17. The third-order valence-corrected chi connectivity index (χ3v) is 11.5. The molecule has 200 valence electrons. The number of aliphatic hydroxyl groups is 1. The van der Waals surface area contributed by atoms with Crippen LogP contribution in [0.5, 0.6) is 0 Å². The van der Waals surface area contributed by atoms with Crippen LogP contribution in [0.4, 0.5) is 0 Å². The number of amides is 1. The molecular formula is C31H47NO4. The summed E-state index contributed by atoms with van der Waals surface area (Å²) in [4.78, 5) is 25.8. The number of carbonyl (C=O) groups is 2. The maximum absolute atomic E-state index is 13.0. The van der Waals surface area contributed by atoms with E-state index >= 15 is 0 Å². The third-order valence-electron chi connectivity index (χ3n) is 11.5. The van der Waals surface area contributed by atoms with Crippen molar-refractivity contribution in [3.05, 3.63) is 35.5 Å². The molecule has 4 aliphatic rings. The Morgan fingerprint density at radius 2 is 1.83 bits per heavy atom. The van der Waals surface area contributed by atoms with Crippen LogP contribution >= 0.6 is 0 Å². The molecule has 1 amide bonds. The van der Waals surface area contributed by atoms with E-state index < -0.39 is 17.9 Å². The number of aliphatic hydroxyl groups excluding tert-OH is 1. The molecule has 3 N–H and O–H groups in total. The van der Waals surface area contributed by atoms with Crippen molar-refractivity contribution in [1.82, 2.24) is 5.48 Å². The quantitative estimate of drug-likeness (QED) is 0.233. The molecular weight excluding hydrogens is 450 g/mol. The Kier molecular flexibility index (Phi) is 6.78. The van der Waals surface area contributed by atoms with Gasteiger partial charge in [0.25, 0.3) is 0 Å². The molecule has 0 spiro atoms. The second-order valence-electron chi connectivity index (χ2n) is 13.8. The van der Waals surface area contributed by atoms with Gasteiger partial charge in [-0.15, -0.1) is 0 Å². The average Bonchev–Trinajstić information content (AvgIpc) is 3.02. The van der Waals surface area contributed by atoms with Crippen LogP contribution in [0.2, 0.25) is 0 Å². The summed E-state index contributed by atoms with van der Waals surface area (Å²) in [5.41, 5.74) is 4.64. The SMILES string of the molecule is C=C(CCC(C(=O)NO)[C@H]1[C@H](O)C[C@@]2(C)C3=CCC4C(C)(C)C(=O)CC[C@]4(C)C3=CC[C@]12C)C(C)C. The minimum atomic E-state index is -0.641. The molecule has 2 unspecified atom stereocenters. The predicted molar refractivity (Wildman–Crippen MR) is 142 cm³/mol. The van der Waals surface area contributed by atoms with Gasteiger partial charge in [0, 0.05) is 29.1 Å². The molecule has 0 aromatic rings. The maximum Gasteiger partial charge on any atom is 0.246 e. The molecule has 0 radical (unpaired) electrons. The number of ketones is 1. The number of Topliss-reactive ketones (excluding diaryl/α,β-unsaturated/α-hetero) is 1. The second-order valence-corrected chi connectivity index (χ2v) is 13.8. The van der Waals surface area contributed by atoms with Crippen LogP contribution in [0.25, 0.3) is 0 Å². The van der Waals surface area contributed by atoms with Crippen LogP contribution in [0.3, 0.4) is 0 Å². The zero-order chi connectivity index (χ0) is 26.8. The van der Waals surface area contributed by atoms with Gasteiger partial charge in [0.05, 0.1) is 6.10 Å². The highest BCUT2D eigenvalue weighted by atomic mass is 16.5. The van der Waals surface area contributed by atoms with Crippen molar-refractivity contribution >= 4 is 11.7 Å². The summed E-state index contributed by atoms with van der Waals surface area (Å²) in [7, 11) is 0. The first-order valence-corrected chi connectivity index (χ1v) is 13.9. The minimum Gasteiger partial charge on any atom is -0.393 e. The van der Waals surface area contributed by atoms with E-state index in [4.69, 9.17) is 0 Å². The summed E-state index contributed by atoms with van der Waals surface area (Å²) in [5.74, 6) is -0.222. The van der Waals surface area contributed by atoms with Crippen molar-refractivity contribution in [2.45, 2.75) is 99.5 Å². The van der Waals surface area contributed by atoms with Crippen LogP contribution in [0, 0.1) is 45.3 Å². The topological polar surface area (TPSA) is 86.6 Å². The van der Waals surface area contributed by atoms with Crippen molar-refractivity contribution in [3.63, 3.8) is 0 Å². The van der Waals surface area contributed by atoms with Gasteiger partial charge in [-0.05, 0) is 72.3 Å². The van der Waals surface area contributed by atoms with Gasteiger partial charge in [0.1, 0.15) is 5.78 Å². The second kappa shape index (κ2) is 8.94. The molecule has 0 aliphatic heterocycles. The van der Waals surface area contributed by atoms with E-state index in [2.05, 4.69) is 67.2 Å². The fraction of sp³-hybridized carbons (Fsp3) is 0.742. The van der Waals surface area contributed by atoms with Crippen molar-refractivity contribution in [2.75, 3.05) is 0 Å². The lowest BCUT2D eigenvalue weighted by molar-refractivity contribution is -0.139. The van der Waals surface area contributed by atoms with Crippen LogP contribution in [0.1, 0.15) is 93.4 Å². The number of carbonyl (C=O) groups excluding carboxylic acids is 2. The fourth-order valence-corrected chi connectivity index (χ4v) is 8.82. The number of rotatable bonds is 6. The first kappa shape index (κ1) is 27.3. The fourth-order valence-electron chi connectivity index (χ4n) is 8.82. The lowest BCUT2D eigenvalue weighted by Gasteiger charge is -2.59. The molecule has 5 heteroatoms. The van der Waals surface area contributed by atoms with Crippen LogP contribution in [0.15, 0.2) is 35.5 Å². The standard InChI is InChI=1S/C31H47NO4/c1-18(2)19(3)9-10-20(27(35)32-36)26-23(33)17-31(8)22-11-12-24-28(4,5)25(34)14-15-29(24,6)21(22)13-16-30(26,31)7/h11,13,18,20,23-24,26,33,36H,3,9-10,12,14-17H2,1-2,4-8H3,(H,32,35)/t20?,23-,24?,26+,29-,30-,31+/m1/s1. The molecule has 0 aromatic heterocycles. The normalized spacial score (nSPS) is 39.9. The van der Waals surface area contributed by atoms with Crippen LogP contribution in [-0.2, 0) is 9.59 Å². The summed E-state index contributed by atoms with van der Waals surface area (Å²) >= 11 is 0. The van der Waals surface area contributed by atoms with Crippen LogP contribution < -0.4 is 5.48 Å². The van der Waals surface area contributed by atoms with E-state index in [1.807, 2.05) is 5.48 Å². The van der Waals surface area contributed by atoms with E-state index in [1.165, 1.54) is 11.1 Å². The smallest absolute Gasteiger partial charge is 0.246 e. The number of nitrogens with one attached hydrogen (secondary N) is 1. The van der Waals surface area contributed by atoms with E-state index in [0.717, 1.165) is 24.8 Å². The molecule has 5 nitrogen and oxygen atoms in total. The highest BCUT2D eigenvalue weighted by Gasteiger charge is 2.66. The number of hydrogen-bond donors (Lipinski definition) is 3.